The molecule has 0 atom stereocenters. The van der Waals surface area contributed by atoms with Gasteiger partial charge in [-0.1, -0.05) is 56.3 Å². The molecule has 220 valence electrons. The summed E-state index contributed by atoms with van der Waals surface area (Å²) >= 11 is 0. The molecule has 0 saturated heterocycles. The van der Waals surface area contributed by atoms with Gasteiger partial charge in [0.25, 0.3) is 0 Å². The smallest absolute Gasteiger partial charge is 0.322 e. The Kier molecular flexibility index (Phi) is 10.3. The van der Waals surface area contributed by atoms with Gasteiger partial charge in [0.1, 0.15) is 12.3 Å². The zero-order valence-corrected chi connectivity index (χ0v) is 24.1. The van der Waals surface area contributed by atoms with Crippen LogP contribution in [0.15, 0.2) is 91.1 Å². The molecule has 42 heavy (non-hydrogen) atoms. The first-order valence-electron chi connectivity index (χ1n) is 13.8. The molecule has 3 amide bonds. The summed E-state index contributed by atoms with van der Waals surface area (Å²) in [6.07, 6.45) is 1.97. The van der Waals surface area contributed by atoms with Gasteiger partial charge in [-0.3, -0.25) is 4.79 Å². The third kappa shape index (κ3) is 8.42. The van der Waals surface area contributed by atoms with Gasteiger partial charge in [-0.05, 0) is 53.4 Å². The number of nitrogens with zero attached hydrogens (tertiary/aromatic N) is 3. The monoisotopic (exact) mass is 574 g/mol. The summed E-state index contributed by atoms with van der Waals surface area (Å²) in [5, 5.41) is 2.60. The maximum atomic E-state index is 13.8. The third-order valence-electron chi connectivity index (χ3n) is 6.70. The number of benzene rings is 3. The van der Waals surface area contributed by atoms with Crippen molar-refractivity contribution in [3.05, 3.63) is 120 Å². The number of anilines is 1. The van der Waals surface area contributed by atoms with Gasteiger partial charge in [-0.25, -0.2) is 13.6 Å². The molecule has 0 fully saturated rings. The van der Waals surface area contributed by atoms with Crippen LogP contribution >= 0.6 is 0 Å². The quantitative estimate of drug-likeness (QED) is 0.209. The predicted octanol–water partition coefficient (Wildman–Crippen LogP) is 6.54. The van der Waals surface area contributed by atoms with Crippen molar-refractivity contribution in [2.24, 2.45) is 5.92 Å². The molecule has 3 aromatic carbocycles. The highest BCUT2D eigenvalue weighted by Crippen LogP contribution is 2.18. The second kappa shape index (κ2) is 14.3. The lowest BCUT2D eigenvalue weighted by molar-refractivity contribution is -0.133. The van der Waals surface area contributed by atoms with E-state index < -0.39 is 17.7 Å². The molecule has 0 aliphatic carbocycles. The molecule has 4 aromatic rings. The topological polar surface area (TPSA) is 66.8 Å². The van der Waals surface area contributed by atoms with E-state index in [2.05, 4.69) is 9.88 Å². The van der Waals surface area contributed by atoms with Crippen LogP contribution in [0, 0.1) is 17.6 Å². The summed E-state index contributed by atoms with van der Waals surface area (Å²) < 4.78 is 34.6. The minimum atomic E-state index is -1.06. The molecule has 0 radical (unpaired) electrons. The number of methoxy groups -OCH3 is 1. The summed E-state index contributed by atoms with van der Waals surface area (Å²) in [6.45, 7) is 5.27. The maximum absolute atomic E-state index is 13.8. The number of nitrogens with one attached hydrogen (secondary N) is 1. The summed E-state index contributed by atoms with van der Waals surface area (Å²) in [5.74, 6) is -1.47. The third-order valence-corrected chi connectivity index (χ3v) is 6.70. The van der Waals surface area contributed by atoms with Crippen LogP contribution < -0.4 is 10.1 Å². The zero-order chi connectivity index (χ0) is 30.1. The van der Waals surface area contributed by atoms with E-state index >= 15 is 0 Å². The van der Waals surface area contributed by atoms with Crippen molar-refractivity contribution >= 4 is 17.6 Å². The summed E-state index contributed by atoms with van der Waals surface area (Å²) in [5.41, 5.74) is 3.06. The molecule has 9 heteroatoms. The van der Waals surface area contributed by atoms with Crippen molar-refractivity contribution < 1.29 is 23.1 Å². The SMILES string of the molecule is COc1cccc(Cn2cccc2CN(Cc2ccccc2)C(=O)CN(CC(C)C)C(=O)Nc2ccc(F)c(F)c2)c1. The Morgan fingerprint density at radius 1 is 0.857 bits per heavy atom. The van der Waals surface area contributed by atoms with E-state index in [1.54, 1.807) is 12.0 Å². The first-order valence-corrected chi connectivity index (χ1v) is 13.8. The van der Waals surface area contributed by atoms with E-state index in [4.69, 9.17) is 4.74 Å². The molecule has 0 spiro atoms. The van der Waals surface area contributed by atoms with Crippen molar-refractivity contribution in [3.8, 4) is 5.75 Å². The van der Waals surface area contributed by atoms with E-state index in [0.29, 0.717) is 26.2 Å². The molecule has 0 saturated carbocycles. The van der Waals surface area contributed by atoms with Crippen LogP contribution in [0.2, 0.25) is 0 Å². The average Bonchev–Trinajstić information content (AvgIpc) is 3.40. The van der Waals surface area contributed by atoms with Crippen LogP contribution in [0.4, 0.5) is 19.3 Å². The second-order valence-electron chi connectivity index (χ2n) is 10.5. The molecular formula is C33H36F2N4O3. The van der Waals surface area contributed by atoms with E-state index in [-0.39, 0.29) is 24.1 Å². The van der Waals surface area contributed by atoms with E-state index in [9.17, 15) is 18.4 Å². The van der Waals surface area contributed by atoms with Gasteiger partial charge in [0, 0.05) is 43.3 Å². The maximum Gasteiger partial charge on any atom is 0.322 e. The molecule has 1 N–H and O–H groups in total. The Morgan fingerprint density at radius 2 is 1.62 bits per heavy atom. The highest BCUT2D eigenvalue weighted by molar-refractivity contribution is 5.92. The Labute approximate surface area is 245 Å². The molecular weight excluding hydrogens is 538 g/mol. The second-order valence-corrected chi connectivity index (χ2v) is 10.5. The van der Waals surface area contributed by atoms with Crippen molar-refractivity contribution in [2.75, 3.05) is 25.5 Å². The van der Waals surface area contributed by atoms with Gasteiger partial charge < -0.3 is 24.4 Å². The fourth-order valence-electron chi connectivity index (χ4n) is 4.65. The van der Waals surface area contributed by atoms with Gasteiger partial charge in [0.05, 0.1) is 13.7 Å². The number of ether oxygens (including phenoxy) is 1. The van der Waals surface area contributed by atoms with Crippen LogP contribution in [0.1, 0.15) is 30.7 Å². The number of carbonyl (C=O) groups excluding carboxylic acids is 2. The number of carbonyl (C=O) groups is 2. The number of hydrogen-bond acceptors (Lipinski definition) is 3. The summed E-state index contributed by atoms with van der Waals surface area (Å²) in [4.78, 5) is 30.2. The van der Waals surface area contributed by atoms with Gasteiger partial charge in [0.2, 0.25) is 5.91 Å². The minimum absolute atomic E-state index is 0.0659. The first kappa shape index (κ1) is 30.3. The van der Waals surface area contributed by atoms with Gasteiger partial charge in [-0.15, -0.1) is 0 Å². The highest BCUT2D eigenvalue weighted by Gasteiger charge is 2.24. The molecule has 7 nitrogen and oxygen atoms in total. The zero-order valence-electron chi connectivity index (χ0n) is 24.1. The molecule has 4 rings (SSSR count). The first-order chi connectivity index (χ1) is 20.2. The molecule has 0 bridgehead atoms. The number of hydrogen-bond donors (Lipinski definition) is 1. The predicted molar refractivity (Wildman–Crippen MR) is 159 cm³/mol. The average molecular weight is 575 g/mol. The van der Waals surface area contributed by atoms with Crippen molar-refractivity contribution in [3.63, 3.8) is 0 Å². The number of aromatic nitrogens is 1. The fourth-order valence-corrected chi connectivity index (χ4v) is 4.65. The van der Waals surface area contributed by atoms with Crippen LogP contribution in [0.3, 0.4) is 0 Å². The van der Waals surface area contributed by atoms with E-state index in [0.717, 1.165) is 34.7 Å². The van der Waals surface area contributed by atoms with Crippen LogP contribution in [0.5, 0.6) is 5.75 Å². The molecule has 0 aliphatic rings. The molecule has 0 unspecified atom stereocenters. The Hall–Kier alpha value is -4.66. The number of urea groups is 1. The van der Waals surface area contributed by atoms with Crippen LogP contribution in [-0.4, -0.2) is 46.5 Å². The lowest BCUT2D eigenvalue weighted by atomic mass is 10.2. The Morgan fingerprint density at radius 3 is 2.33 bits per heavy atom. The highest BCUT2D eigenvalue weighted by atomic mass is 19.2. The van der Waals surface area contributed by atoms with Gasteiger partial charge >= 0.3 is 6.03 Å². The largest absolute Gasteiger partial charge is 0.497 e. The molecule has 0 aliphatic heterocycles. The van der Waals surface area contributed by atoms with E-state index in [1.807, 2.05) is 86.8 Å². The number of halogens is 2. The van der Waals surface area contributed by atoms with Crippen molar-refractivity contribution in [1.29, 1.82) is 0 Å². The van der Waals surface area contributed by atoms with Crippen LogP contribution in [-0.2, 0) is 24.4 Å². The standard InChI is InChI=1S/C33H36F2N4O3/c1-24(2)19-39(33(41)36-27-14-15-30(34)31(35)18-27)23-32(40)38(20-25-9-5-4-6-10-25)22-28-12-8-16-37(28)21-26-11-7-13-29(17-26)42-3/h4-18,24H,19-23H2,1-3H3,(H,36,41). The fraction of sp³-hybridized carbons (Fsp3) is 0.273. The Bertz CT molecular complexity index is 1490. The summed E-state index contributed by atoms with van der Waals surface area (Å²) in [7, 11) is 1.63. The van der Waals surface area contributed by atoms with Crippen molar-refractivity contribution in [1.82, 2.24) is 14.4 Å². The Balaban J connectivity index is 1.54. The molecule has 1 aromatic heterocycles. The van der Waals surface area contributed by atoms with Crippen molar-refractivity contribution in [2.45, 2.75) is 33.5 Å². The normalized spacial score (nSPS) is 10.9. The molecule has 1 heterocycles. The van der Waals surface area contributed by atoms with Crippen LogP contribution in [0.25, 0.3) is 0 Å². The minimum Gasteiger partial charge on any atom is -0.497 e. The summed E-state index contributed by atoms with van der Waals surface area (Å²) in [6, 6.07) is 24.0. The van der Waals surface area contributed by atoms with E-state index in [1.165, 1.54) is 11.0 Å². The number of rotatable bonds is 12. The van der Waals surface area contributed by atoms with Gasteiger partial charge in [0.15, 0.2) is 11.6 Å². The number of amides is 3. The lowest BCUT2D eigenvalue weighted by Crippen LogP contribution is -2.45. The lowest BCUT2D eigenvalue weighted by Gasteiger charge is -2.29. The van der Waals surface area contributed by atoms with Gasteiger partial charge in [-0.2, -0.15) is 0 Å².